The Kier molecular flexibility index (Phi) is 2.51. The normalized spacial score (nSPS) is 38.8. The van der Waals surface area contributed by atoms with Gasteiger partial charge >= 0.3 is 0 Å². The number of aliphatic hydroxyl groups excluding tert-OH is 1. The molecule has 2 aliphatic heterocycles. The van der Waals surface area contributed by atoms with Crippen LogP contribution in [0.2, 0.25) is 0 Å². The standard InChI is InChI=1S/C18H19NO4/c1-22-14-5-2-10-8-12-11-3-4-13(21)17-18(11,6-7-19(12)9-20)15(10)16(14)23-17/h2-5,9,11-13,17,21H,6-8H2,1H3/t11-,12-,13-,17-,18+/m1/s1. The molecule has 4 aliphatic rings. The van der Waals surface area contributed by atoms with Gasteiger partial charge in [-0.05, 0) is 24.5 Å². The Hall–Kier alpha value is -2.01. The maximum Gasteiger partial charge on any atom is 0.209 e. The van der Waals surface area contributed by atoms with E-state index in [0.29, 0.717) is 6.54 Å². The van der Waals surface area contributed by atoms with Crippen LogP contribution in [0.1, 0.15) is 17.5 Å². The largest absolute Gasteiger partial charge is 0.493 e. The summed E-state index contributed by atoms with van der Waals surface area (Å²) in [6.07, 6.45) is 5.62. The summed E-state index contributed by atoms with van der Waals surface area (Å²) >= 11 is 0. The molecule has 1 spiro atoms. The van der Waals surface area contributed by atoms with E-state index < -0.39 is 6.10 Å². The third kappa shape index (κ3) is 1.40. The van der Waals surface area contributed by atoms with Gasteiger partial charge in [-0.1, -0.05) is 18.2 Å². The number of aliphatic hydroxyl groups is 1. The predicted molar refractivity (Wildman–Crippen MR) is 82.6 cm³/mol. The Morgan fingerprint density at radius 2 is 2.30 bits per heavy atom. The highest BCUT2D eigenvalue weighted by Gasteiger charge is 2.64. The van der Waals surface area contributed by atoms with Crippen LogP contribution in [0.5, 0.6) is 11.5 Å². The molecule has 120 valence electrons. The number of nitrogens with zero attached hydrogens (tertiary/aromatic N) is 1. The number of hydrogen-bond donors (Lipinski definition) is 1. The zero-order chi connectivity index (χ0) is 15.8. The van der Waals surface area contributed by atoms with Crippen molar-refractivity contribution in [3.8, 4) is 11.5 Å². The van der Waals surface area contributed by atoms with Crippen LogP contribution in [-0.2, 0) is 16.6 Å². The van der Waals surface area contributed by atoms with Gasteiger partial charge in [0.2, 0.25) is 6.41 Å². The Morgan fingerprint density at radius 1 is 1.43 bits per heavy atom. The third-order valence-electron chi connectivity index (χ3n) is 6.26. The second-order valence-electron chi connectivity index (χ2n) is 6.98. The van der Waals surface area contributed by atoms with Crippen molar-refractivity contribution in [1.82, 2.24) is 4.90 Å². The van der Waals surface area contributed by atoms with E-state index in [2.05, 4.69) is 12.1 Å². The minimum atomic E-state index is -0.627. The fraction of sp³-hybridized carbons (Fsp3) is 0.500. The second kappa shape index (κ2) is 4.29. The Labute approximate surface area is 134 Å². The van der Waals surface area contributed by atoms with E-state index in [4.69, 9.17) is 9.47 Å². The molecular weight excluding hydrogens is 294 g/mol. The highest BCUT2D eigenvalue weighted by atomic mass is 16.5. The molecule has 1 aromatic carbocycles. The molecule has 0 unspecified atom stereocenters. The Balaban J connectivity index is 1.80. The number of ether oxygens (including phenoxy) is 2. The van der Waals surface area contributed by atoms with Crippen LogP contribution < -0.4 is 9.47 Å². The zero-order valence-electron chi connectivity index (χ0n) is 12.9. The van der Waals surface area contributed by atoms with Gasteiger partial charge in [0.15, 0.2) is 11.5 Å². The summed E-state index contributed by atoms with van der Waals surface area (Å²) < 4.78 is 11.7. The molecule has 2 heterocycles. The third-order valence-corrected chi connectivity index (χ3v) is 6.26. The number of benzene rings is 1. The quantitative estimate of drug-likeness (QED) is 0.654. The highest BCUT2D eigenvalue weighted by Crippen LogP contribution is 2.62. The van der Waals surface area contributed by atoms with E-state index in [1.54, 1.807) is 7.11 Å². The Morgan fingerprint density at radius 3 is 3.09 bits per heavy atom. The van der Waals surface area contributed by atoms with Gasteiger partial charge in [-0.3, -0.25) is 4.79 Å². The smallest absolute Gasteiger partial charge is 0.209 e. The molecule has 0 saturated carbocycles. The van der Waals surface area contributed by atoms with Crippen molar-refractivity contribution in [1.29, 1.82) is 0 Å². The first-order valence-corrected chi connectivity index (χ1v) is 8.15. The first-order valence-electron chi connectivity index (χ1n) is 8.15. The van der Waals surface area contributed by atoms with Gasteiger partial charge < -0.3 is 19.5 Å². The summed E-state index contributed by atoms with van der Waals surface area (Å²) in [7, 11) is 1.65. The van der Waals surface area contributed by atoms with E-state index >= 15 is 0 Å². The number of likely N-dealkylation sites (tertiary alicyclic amines) is 1. The van der Waals surface area contributed by atoms with Crippen LogP contribution >= 0.6 is 0 Å². The van der Waals surface area contributed by atoms with E-state index in [9.17, 15) is 9.90 Å². The van der Waals surface area contributed by atoms with Crippen LogP contribution in [0.4, 0.5) is 0 Å². The number of amides is 1. The molecule has 5 atom stereocenters. The molecule has 0 aromatic heterocycles. The summed E-state index contributed by atoms with van der Waals surface area (Å²) in [4.78, 5) is 13.4. The van der Waals surface area contributed by atoms with Crippen LogP contribution in [0.25, 0.3) is 0 Å². The van der Waals surface area contributed by atoms with E-state index in [1.165, 1.54) is 11.1 Å². The zero-order valence-corrected chi connectivity index (χ0v) is 12.9. The van der Waals surface area contributed by atoms with Gasteiger partial charge in [0.25, 0.3) is 0 Å². The number of carbonyl (C=O) groups excluding carboxylic acids is 1. The number of hydrogen-bond acceptors (Lipinski definition) is 4. The van der Waals surface area contributed by atoms with Crippen molar-refractivity contribution in [3.63, 3.8) is 0 Å². The van der Waals surface area contributed by atoms with E-state index in [0.717, 1.165) is 30.8 Å². The summed E-state index contributed by atoms with van der Waals surface area (Å²) in [6, 6.07) is 4.17. The number of carbonyl (C=O) groups is 1. The molecule has 5 rings (SSSR count). The van der Waals surface area contributed by atoms with Crippen molar-refractivity contribution in [2.24, 2.45) is 5.92 Å². The van der Waals surface area contributed by atoms with Crippen molar-refractivity contribution >= 4 is 6.41 Å². The number of methoxy groups -OCH3 is 1. The van der Waals surface area contributed by atoms with Crippen LogP contribution in [-0.4, -0.2) is 48.3 Å². The average Bonchev–Trinajstić information content (AvgIpc) is 2.91. The van der Waals surface area contributed by atoms with Crippen molar-refractivity contribution in [2.45, 2.75) is 36.5 Å². The molecule has 1 aromatic rings. The van der Waals surface area contributed by atoms with Gasteiger partial charge in [0.05, 0.1) is 7.11 Å². The molecule has 1 amide bonds. The Bertz CT molecular complexity index is 730. The van der Waals surface area contributed by atoms with Gasteiger partial charge in [-0.2, -0.15) is 0 Å². The lowest BCUT2D eigenvalue weighted by molar-refractivity contribution is -0.127. The van der Waals surface area contributed by atoms with E-state index in [-0.39, 0.29) is 23.5 Å². The molecule has 1 fully saturated rings. The van der Waals surface area contributed by atoms with Crippen LogP contribution in [0, 0.1) is 5.92 Å². The van der Waals surface area contributed by atoms with Gasteiger partial charge in [-0.25, -0.2) is 0 Å². The SMILES string of the molecule is COc1ccc2c3c1O[C@@H]1[C@H](O)C=C[C@@H]4[C@@H](C2)N(C=O)CC[C@@]341. The number of rotatable bonds is 2. The maximum atomic E-state index is 11.5. The highest BCUT2D eigenvalue weighted by molar-refractivity contribution is 5.63. The number of piperidine rings is 1. The molecule has 2 bridgehead atoms. The maximum absolute atomic E-state index is 11.5. The summed E-state index contributed by atoms with van der Waals surface area (Å²) in [5, 5.41) is 10.5. The summed E-state index contributed by atoms with van der Waals surface area (Å²) in [5.74, 6) is 1.71. The first kappa shape index (κ1) is 13.4. The van der Waals surface area contributed by atoms with Crippen molar-refractivity contribution < 1.29 is 19.4 Å². The van der Waals surface area contributed by atoms with Gasteiger partial charge in [0.1, 0.15) is 12.2 Å². The molecular formula is C18H19NO4. The second-order valence-corrected chi connectivity index (χ2v) is 6.98. The molecule has 5 nitrogen and oxygen atoms in total. The summed E-state index contributed by atoms with van der Waals surface area (Å²) in [5.41, 5.74) is 2.19. The molecule has 0 radical (unpaired) electrons. The predicted octanol–water partition coefficient (Wildman–Crippen LogP) is 1.03. The molecule has 23 heavy (non-hydrogen) atoms. The van der Waals surface area contributed by atoms with Crippen LogP contribution in [0.3, 0.4) is 0 Å². The van der Waals surface area contributed by atoms with Crippen molar-refractivity contribution in [2.75, 3.05) is 13.7 Å². The topological polar surface area (TPSA) is 59.0 Å². The van der Waals surface area contributed by atoms with Gasteiger partial charge in [-0.15, -0.1) is 0 Å². The average molecular weight is 313 g/mol. The molecule has 1 N–H and O–H groups in total. The lowest BCUT2D eigenvalue weighted by Gasteiger charge is -2.56. The van der Waals surface area contributed by atoms with E-state index in [1.807, 2.05) is 17.0 Å². The lowest BCUT2D eigenvalue weighted by atomic mass is 9.53. The molecule has 5 heteroatoms. The summed E-state index contributed by atoms with van der Waals surface area (Å²) in [6.45, 7) is 0.710. The van der Waals surface area contributed by atoms with Crippen LogP contribution in [0.15, 0.2) is 24.3 Å². The fourth-order valence-corrected chi connectivity index (χ4v) is 5.37. The van der Waals surface area contributed by atoms with Gasteiger partial charge in [0, 0.05) is 29.5 Å². The minimum absolute atomic E-state index is 0.142. The molecule has 1 saturated heterocycles. The monoisotopic (exact) mass is 313 g/mol. The first-order chi connectivity index (χ1) is 11.2. The fourth-order valence-electron chi connectivity index (χ4n) is 5.37. The molecule has 2 aliphatic carbocycles. The van der Waals surface area contributed by atoms with Crippen molar-refractivity contribution in [3.05, 3.63) is 35.4 Å². The lowest BCUT2D eigenvalue weighted by Crippen LogP contribution is -2.65. The minimum Gasteiger partial charge on any atom is -0.493 e.